The molecule has 3 rings (SSSR count). The SMILES string of the molecule is Cc1ccc(N2CC(C(=O)Nc3ccc(CC#N)cc3)CC2=O)cc1. The highest BCUT2D eigenvalue weighted by atomic mass is 16.2. The number of nitrogens with zero attached hydrogens (tertiary/aromatic N) is 2. The predicted octanol–water partition coefficient (Wildman–Crippen LogP) is 3.05. The van der Waals surface area contributed by atoms with Crippen LogP contribution in [0.15, 0.2) is 48.5 Å². The molecular formula is C20H19N3O2. The number of anilines is 2. The molecule has 2 aromatic carbocycles. The van der Waals surface area contributed by atoms with Crippen molar-refractivity contribution in [3.05, 3.63) is 59.7 Å². The smallest absolute Gasteiger partial charge is 0.229 e. The Hall–Kier alpha value is -3.13. The van der Waals surface area contributed by atoms with Crippen LogP contribution in [0.2, 0.25) is 0 Å². The van der Waals surface area contributed by atoms with E-state index in [1.54, 1.807) is 17.0 Å². The first-order valence-electron chi connectivity index (χ1n) is 8.20. The van der Waals surface area contributed by atoms with Gasteiger partial charge in [0.1, 0.15) is 0 Å². The Morgan fingerprint density at radius 2 is 1.88 bits per heavy atom. The van der Waals surface area contributed by atoms with Gasteiger partial charge in [-0.15, -0.1) is 0 Å². The molecule has 1 aliphatic rings. The van der Waals surface area contributed by atoms with Gasteiger partial charge in [0.05, 0.1) is 18.4 Å². The first-order valence-corrected chi connectivity index (χ1v) is 8.20. The largest absolute Gasteiger partial charge is 0.326 e. The number of amides is 2. The maximum atomic E-state index is 12.5. The fraction of sp³-hybridized carbons (Fsp3) is 0.250. The summed E-state index contributed by atoms with van der Waals surface area (Å²) in [6.07, 6.45) is 0.559. The predicted molar refractivity (Wildman–Crippen MR) is 96.0 cm³/mol. The van der Waals surface area contributed by atoms with Crippen LogP contribution in [-0.4, -0.2) is 18.4 Å². The van der Waals surface area contributed by atoms with Gasteiger partial charge >= 0.3 is 0 Å². The van der Waals surface area contributed by atoms with Crippen molar-refractivity contribution in [3.63, 3.8) is 0 Å². The molecule has 0 radical (unpaired) electrons. The third kappa shape index (κ3) is 3.86. The molecule has 2 aromatic rings. The first-order chi connectivity index (χ1) is 12.1. The van der Waals surface area contributed by atoms with Gasteiger partial charge in [-0.2, -0.15) is 5.26 Å². The summed E-state index contributed by atoms with van der Waals surface area (Å²) >= 11 is 0. The highest BCUT2D eigenvalue weighted by Crippen LogP contribution is 2.26. The average molecular weight is 333 g/mol. The second-order valence-electron chi connectivity index (χ2n) is 6.26. The number of carbonyl (C=O) groups is 2. The topological polar surface area (TPSA) is 73.2 Å². The number of aryl methyl sites for hydroxylation is 1. The van der Waals surface area contributed by atoms with E-state index >= 15 is 0 Å². The van der Waals surface area contributed by atoms with Gasteiger partial charge in [0, 0.05) is 24.3 Å². The number of rotatable bonds is 4. The normalized spacial score (nSPS) is 16.6. The summed E-state index contributed by atoms with van der Waals surface area (Å²) in [5, 5.41) is 11.5. The van der Waals surface area contributed by atoms with Crippen LogP contribution in [0.1, 0.15) is 17.5 Å². The molecule has 25 heavy (non-hydrogen) atoms. The van der Waals surface area contributed by atoms with Crippen molar-refractivity contribution in [2.75, 3.05) is 16.8 Å². The lowest BCUT2D eigenvalue weighted by atomic mass is 10.1. The average Bonchev–Trinajstić information content (AvgIpc) is 3.00. The lowest BCUT2D eigenvalue weighted by Gasteiger charge is -2.17. The van der Waals surface area contributed by atoms with Crippen LogP contribution in [0.4, 0.5) is 11.4 Å². The molecule has 0 saturated carbocycles. The molecule has 1 N–H and O–H groups in total. The summed E-state index contributed by atoms with van der Waals surface area (Å²) in [4.78, 5) is 26.4. The highest BCUT2D eigenvalue weighted by molar-refractivity contribution is 6.03. The van der Waals surface area contributed by atoms with E-state index in [1.807, 2.05) is 43.3 Å². The molecule has 1 saturated heterocycles. The Labute approximate surface area is 146 Å². The Morgan fingerprint density at radius 1 is 1.20 bits per heavy atom. The second kappa shape index (κ2) is 7.18. The van der Waals surface area contributed by atoms with Crippen molar-refractivity contribution in [2.24, 2.45) is 5.92 Å². The molecule has 5 nitrogen and oxygen atoms in total. The zero-order valence-corrected chi connectivity index (χ0v) is 14.0. The van der Waals surface area contributed by atoms with Gasteiger partial charge in [0.25, 0.3) is 0 Å². The number of benzene rings is 2. The van der Waals surface area contributed by atoms with Crippen LogP contribution in [-0.2, 0) is 16.0 Å². The van der Waals surface area contributed by atoms with E-state index in [4.69, 9.17) is 5.26 Å². The lowest BCUT2D eigenvalue weighted by molar-refractivity contribution is -0.122. The zero-order chi connectivity index (χ0) is 17.8. The molecule has 1 aliphatic heterocycles. The van der Waals surface area contributed by atoms with Gasteiger partial charge in [-0.05, 0) is 36.8 Å². The Bertz CT molecular complexity index is 820. The monoisotopic (exact) mass is 333 g/mol. The van der Waals surface area contributed by atoms with Gasteiger partial charge in [0.2, 0.25) is 11.8 Å². The Kier molecular flexibility index (Phi) is 4.80. The number of nitriles is 1. The molecule has 0 spiro atoms. The molecular weight excluding hydrogens is 314 g/mol. The third-order valence-corrected chi connectivity index (χ3v) is 4.35. The summed E-state index contributed by atoms with van der Waals surface area (Å²) in [7, 11) is 0. The van der Waals surface area contributed by atoms with E-state index in [1.165, 1.54) is 0 Å². The van der Waals surface area contributed by atoms with Crippen LogP contribution in [0.3, 0.4) is 0 Å². The molecule has 1 heterocycles. The molecule has 1 unspecified atom stereocenters. The Balaban J connectivity index is 1.64. The first kappa shape index (κ1) is 16.7. The minimum Gasteiger partial charge on any atom is -0.326 e. The third-order valence-electron chi connectivity index (χ3n) is 4.35. The van der Waals surface area contributed by atoms with Crippen molar-refractivity contribution in [3.8, 4) is 6.07 Å². The number of hydrogen-bond acceptors (Lipinski definition) is 3. The maximum absolute atomic E-state index is 12.5. The highest BCUT2D eigenvalue weighted by Gasteiger charge is 2.35. The minimum absolute atomic E-state index is 0.0339. The number of nitrogens with one attached hydrogen (secondary N) is 1. The zero-order valence-electron chi connectivity index (χ0n) is 14.0. The Morgan fingerprint density at radius 3 is 2.52 bits per heavy atom. The van der Waals surface area contributed by atoms with Crippen molar-refractivity contribution < 1.29 is 9.59 Å². The molecule has 5 heteroatoms. The van der Waals surface area contributed by atoms with Gasteiger partial charge in [0.15, 0.2) is 0 Å². The summed E-state index contributed by atoms with van der Waals surface area (Å²) in [5.41, 5.74) is 3.53. The van der Waals surface area contributed by atoms with Crippen molar-refractivity contribution in [1.82, 2.24) is 0 Å². The minimum atomic E-state index is -0.368. The number of hydrogen-bond donors (Lipinski definition) is 1. The summed E-state index contributed by atoms with van der Waals surface area (Å²) in [6, 6.07) is 17.0. The van der Waals surface area contributed by atoms with Crippen LogP contribution in [0.25, 0.3) is 0 Å². The molecule has 1 fully saturated rings. The van der Waals surface area contributed by atoms with E-state index < -0.39 is 0 Å². The van der Waals surface area contributed by atoms with Gasteiger partial charge in [-0.3, -0.25) is 9.59 Å². The van der Waals surface area contributed by atoms with Crippen LogP contribution < -0.4 is 10.2 Å². The van der Waals surface area contributed by atoms with Crippen molar-refractivity contribution in [1.29, 1.82) is 5.26 Å². The van der Waals surface area contributed by atoms with Gasteiger partial charge in [-0.1, -0.05) is 29.8 Å². The molecule has 0 aromatic heterocycles. The van der Waals surface area contributed by atoms with Gasteiger partial charge in [-0.25, -0.2) is 0 Å². The van der Waals surface area contributed by atoms with Crippen LogP contribution in [0, 0.1) is 24.2 Å². The van der Waals surface area contributed by atoms with E-state index in [0.717, 1.165) is 16.8 Å². The molecule has 1 atom stereocenters. The van der Waals surface area contributed by atoms with Crippen LogP contribution >= 0.6 is 0 Å². The van der Waals surface area contributed by atoms with Crippen molar-refractivity contribution >= 4 is 23.2 Å². The lowest BCUT2D eigenvalue weighted by Crippen LogP contribution is -2.28. The molecule has 0 bridgehead atoms. The van der Waals surface area contributed by atoms with E-state index in [-0.39, 0.29) is 24.2 Å². The maximum Gasteiger partial charge on any atom is 0.229 e. The summed E-state index contributed by atoms with van der Waals surface area (Å²) in [5.74, 6) is -0.558. The standard InChI is InChI=1S/C20H19N3O2/c1-14-2-8-18(9-3-14)23-13-16(12-19(23)24)20(25)22-17-6-4-15(5-7-17)10-11-21/h2-9,16H,10,12-13H2,1H3,(H,22,25). The molecule has 2 amide bonds. The summed E-state index contributed by atoms with van der Waals surface area (Å²) in [6.45, 7) is 2.38. The fourth-order valence-corrected chi connectivity index (χ4v) is 2.90. The van der Waals surface area contributed by atoms with Gasteiger partial charge < -0.3 is 10.2 Å². The summed E-state index contributed by atoms with van der Waals surface area (Å²) < 4.78 is 0. The second-order valence-corrected chi connectivity index (χ2v) is 6.26. The quantitative estimate of drug-likeness (QED) is 0.934. The molecule has 126 valence electrons. The van der Waals surface area contributed by atoms with E-state index in [2.05, 4.69) is 11.4 Å². The van der Waals surface area contributed by atoms with E-state index in [0.29, 0.717) is 18.7 Å². The fourth-order valence-electron chi connectivity index (χ4n) is 2.90. The van der Waals surface area contributed by atoms with Crippen molar-refractivity contribution in [2.45, 2.75) is 19.8 Å². The molecule has 0 aliphatic carbocycles. The number of carbonyl (C=O) groups excluding carboxylic acids is 2. The van der Waals surface area contributed by atoms with E-state index in [9.17, 15) is 9.59 Å². The van der Waals surface area contributed by atoms with Crippen LogP contribution in [0.5, 0.6) is 0 Å².